The van der Waals surface area contributed by atoms with Gasteiger partial charge in [0.15, 0.2) is 0 Å². The van der Waals surface area contributed by atoms with E-state index in [-0.39, 0.29) is 5.82 Å². The Labute approximate surface area is 90.3 Å². The van der Waals surface area contributed by atoms with Crippen molar-refractivity contribution in [2.45, 2.75) is 0 Å². The van der Waals surface area contributed by atoms with Crippen LogP contribution in [0.5, 0.6) is 5.75 Å². The molecule has 16 heavy (non-hydrogen) atoms. The molecule has 0 unspecified atom stereocenters. The van der Waals surface area contributed by atoms with E-state index in [9.17, 15) is 4.79 Å². The van der Waals surface area contributed by atoms with E-state index in [1.807, 2.05) is 0 Å². The van der Waals surface area contributed by atoms with Crippen LogP contribution in [-0.2, 0) is 0 Å². The van der Waals surface area contributed by atoms with Crippen LogP contribution in [0.15, 0.2) is 24.3 Å². The van der Waals surface area contributed by atoms with Gasteiger partial charge in [-0.05, 0) is 29.5 Å². The van der Waals surface area contributed by atoms with E-state index in [0.29, 0.717) is 11.4 Å². The lowest BCUT2D eigenvalue weighted by Gasteiger charge is -2.00. The number of nitrogens with zero attached hydrogens (tertiary/aromatic N) is 4. The van der Waals surface area contributed by atoms with Gasteiger partial charge >= 0.3 is 5.97 Å². The maximum Gasteiger partial charge on any atom is 0.377 e. The second-order valence-electron chi connectivity index (χ2n) is 2.91. The predicted octanol–water partition coefficient (Wildman–Crippen LogP) is 0.369. The van der Waals surface area contributed by atoms with E-state index >= 15 is 0 Å². The summed E-state index contributed by atoms with van der Waals surface area (Å²) in [4.78, 5) is 11.7. The number of hydrogen-bond acceptors (Lipinski definition) is 5. The Morgan fingerprint density at radius 1 is 1.38 bits per heavy atom. The van der Waals surface area contributed by atoms with Crippen LogP contribution < -0.4 is 4.74 Å². The second kappa shape index (κ2) is 3.97. The molecule has 2 rings (SSSR count). The van der Waals surface area contributed by atoms with Crippen LogP contribution in [0.4, 0.5) is 0 Å². The highest BCUT2D eigenvalue weighted by molar-refractivity contribution is 5.82. The van der Waals surface area contributed by atoms with Crippen molar-refractivity contribution >= 4 is 5.97 Å². The van der Waals surface area contributed by atoms with Crippen molar-refractivity contribution in [2.75, 3.05) is 7.11 Å². The zero-order chi connectivity index (χ0) is 11.5. The number of tetrazole rings is 1. The maximum atomic E-state index is 10.5. The smallest absolute Gasteiger partial charge is 0.377 e. The molecule has 0 radical (unpaired) electrons. The Balaban J connectivity index is 2.31. The van der Waals surface area contributed by atoms with Crippen LogP contribution in [0.1, 0.15) is 10.6 Å². The minimum absolute atomic E-state index is 0.337. The standard InChI is InChI=1S/C9H8N4O3/c1-16-7-4-2-6(3-5-7)13-11-8(9(14)15)10-12-13/h2-5H,1H3,(H,14,15). The molecule has 0 bridgehead atoms. The van der Waals surface area contributed by atoms with E-state index < -0.39 is 5.97 Å². The Morgan fingerprint density at radius 2 is 2.06 bits per heavy atom. The van der Waals surface area contributed by atoms with Gasteiger partial charge in [-0.25, -0.2) is 4.79 Å². The number of carboxylic acids is 1. The number of carbonyl (C=O) groups is 1. The molecular weight excluding hydrogens is 212 g/mol. The largest absolute Gasteiger partial charge is 0.497 e. The van der Waals surface area contributed by atoms with Gasteiger partial charge in [-0.15, -0.1) is 15.0 Å². The van der Waals surface area contributed by atoms with Crippen molar-refractivity contribution in [3.63, 3.8) is 0 Å². The molecule has 0 saturated carbocycles. The third-order valence-electron chi connectivity index (χ3n) is 1.91. The first-order valence-corrected chi connectivity index (χ1v) is 4.38. The lowest BCUT2D eigenvalue weighted by atomic mass is 10.3. The number of carboxylic acid groups (broad SMARTS) is 1. The molecule has 0 aliphatic carbocycles. The van der Waals surface area contributed by atoms with Crippen molar-refractivity contribution in [3.8, 4) is 11.4 Å². The molecule has 7 nitrogen and oxygen atoms in total. The molecule has 7 heteroatoms. The molecule has 2 aromatic rings. The molecular formula is C9H8N4O3. The van der Waals surface area contributed by atoms with Crippen molar-refractivity contribution in [2.24, 2.45) is 0 Å². The van der Waals surface area contributed by atoms with Crippen LogP contribution in [0.25, 0.3) is 5.69 Å². The van der Waals surface area contributed by atoms with Gasteiger partial charge in [-0.2, -0.15) is 0 Å². The number of aromatic carboxylic acids is 1. The van der Waals surface area contributed by atoms with Crippen LogP contribution in [0.2, 0.25) is 0 Å². The summed E-state index contributed by atoms with van der Waals surface area (Å²) in [6, 6.07) is 6.84. The Kier molecular flexibility index (Phi) is 2.50. The van der Waals surface area contributed by atoms with Crippen molar-refractivity contribution < 1.29 is 14.6 Å². The molecule has 1 N–H and O–H groups in total. The summed E-state index contributed by atoms with van der Waals surface area (Å²) in [5.74, 6) is -0.849. The molecule has 1 heterocycles. The van der Waals surface area contributed by atoms with Gasteiger partial charge in [-0.1, -0.05) is 0 Å². The lowest BCUT2D eigenvalue weighted by Crippen LogP contribution is -2.02. The van der Waals surface area contributed by atoms with Gasteiger partial charge in [0.2, 0.25) is 0 Å². The fourth-order valence-corrected chi connectivity index (χ4v) is 1.12. The normalized spacial score (nSPS) is 10.1. The van der Waals surface area contributed by atoms with E-state index in [2.05, 4.69) is 15.4 Å². The first kappa shape index (κ1) is 10.1. The van der Waals surface area contributed by atoms with Crippen LogP contribution in [0.3, 0.4) is 0 Å². The molecule has 1 aromatic carbocycles. The highest BCUT2D eigenvalue weighted by Gasteiger charge is 2.11. The summed E-state index contributed by atoms with van der Waals surface area (Å²) in [6.45, 7) is 0. The average molecular weight is 220 g/mol. The summed E-state index contributed by atoms with van der Waals surface area (Å²) in [6.07, 6.45) is 0. The Bertz CT molecular complexity index is 506. The third-order valence-corrected chi connectivity index (χ3v) is 1.91. The lowest BCUT2D eigenvalue weighted by molar-refractivity contribution is 0.0683. The van der Waals surface area contributed by atoms with Gasteiger partial charge in [0.1, 0.15) is 5.75 Å². The van der Waals surface area contributed by atoms with Gasteiger partial charge in [0.25, 0.3) is 5.82 Å². The molecule has 0 aliphatic rings. The molecule has 0 atom stereocenters. The van der Waals surface area contributed by atoms with E-state index in [1.54, 1.807) is 31.4 Å². The molecule has 0 amide bonds. The number of methoxy groups -OCH3 is 1. The first-order valence-electron chi connectivity index (χ1n) is 4.38. The number of ether oxygens (including phenoxy) is 1. The summed E-state index contributed by atoms with van der Waals surface area (Å²) in [5.41, 5.74) is 0.612. The number of benzene rings is 1. The van der Waals surface area contributed by atoms with E-state index in [1.165, 1.54) is 0 Å². The first-order chi connectivity index (χ1) is 7.70. The monoisotopic (exact) mass is 220 g/mol. The van der Waals surface area contributed by atoms with Gasteiger partial charge in [0.05, 0.1) is 12.8 Å². The SMILES string of the molecule is COc1ccc(-n2nnc(C(=O)O)n2)cc1. The Hall–Kier alpha value is -2.44. The summed E-state index contributed by atoms with van der Waals surface area (Å²) < 4.78 is 4.99. The molecule has 1 aromatic heterocycles. The van der Waals surface area contributed by atoms with Gasteiger partial charge < -0.3 is 9.84 Å². The molecule has 82 valence electrons. The fourth-order valence-electron chi connectivity index (χ4n) is 1.12. The summed E-state index contributed by atoms with van der Waals surface area (Å²) in [7, 11) is 1.56. The summed E-state index contributed by atoms with van der Waals surface area (Å²) in [5, 5.41) is 19.3. The van der Waals surface area contributed by atoms with Crippen molar-refractivity contribution in [1.82, 2.24) is 20.2 Å². The van der Waals surface area contributed by atoms with Crippen LogP contribution >= 0.6 is 0 Å². The minimum atomic E-state index is -1.21. The quantitative estimate of drug-likeness (QED) is 0.803. The van der Waals surface area contributed by atoms with Crippen LogP contribution in [0, 0.1) is 0 Å². The fraction of sp³-hybridized carbons (Fsp3) is 0.111. The topological polar surface area (TPSA) is 90.1 Å². The van der Waals surface area contributed by atoms with E-state index in [0.717, 1.165) is 4.80 Å². The molecule has 0 spiro atoms. The van der Waals surface area contributed by atoms with Crippen LogP contribution in [-0.4, -0.2) is 38.4 Å². The van der Waals surface area contributed by atoms with Gasteiger partial charge in [-0.3, -0.25) is 0 Å². The average Bonchev–Trinajstić information content (AvgIpc) is 2.78. The zero-order valence-electron chi connectivity index (χ0n) is 8.36. The molecule has 0 fully saturated rings. The highest BCUT2D eigenvalue weighted by atomic mass is 16.5. The predicted molar refractivity (Wildman–Crippen MR) is 52.7 cm³/mol. The number of hydrogen-bond donors (Lipinski definition) is 1. The van der Waals surface area contributed by atoms with E-state index in [4.69, 9.17) is 9.84 Å². The molecule has 0 aliphatic heterocycles. The molecule has 0 saturated heterocycles. The maximum absolute atomic E-state index is 10.5. The Morgan fingerprint density at radius 3 is 2.56 bits per heavy atom. The second-order valence-corrected chi connectivity index (χ2v) is 2.91. The number of rotatable bonds is 3. The van der Waals surface area contributed by atoms with Gasteiger partial charge in [0, 0.05) is 0 Å². The third kappa shape index (κ3) is 1.83. The zero-order valence-corrected chi connectivity index (χ0v) is 8.36. The van der Waals surface area contributed by atoms with Crippen molar-refractivity contribution in [1.29, 1.82) is 0 Å². The minimum Gasteiger partial charge on any atom is -0.497 e. The summed E-state index contributed by atoms with van der Waals surface area (Å²) >= 11 is 0. The highest BCUT2D eigenvalue weighted by Crippen LogP contribution is 2.12. The van der Waals surface area contributed by atoms with Crippen molar-refractivity contribution in [3.05, 3.63) is 30.1 Å². The number of aromatic nitrogens is 4.